The number of nitrogens with zero attached hydrogens (tertiary/aromatic N) is 2. The van der Waals surface area contributed by atoms with Crippen molar-refractivity contribution >= 4 is 5.96 Å². The number of aliphatic imine (C=N–C) groups is 1. The molecule has 2 aromatic rings. The Bertz CT molecular complexity index is 750. The van der Waals surface area contributed by atoms with Crippen LogP contribution < -0.4 is 24.8 Å². The topological polar surface area (TPSA) is 77.0 Å². The minimum Gasteiger partial charge on any atom is -0.497 e. The fourth-order valence-corrected chi connectivity index (χ4v) is 2.46. The Kier molecular flexibility index (Phi) is 8.22. The minimum absolute atomic E-state index is 0.562. The van der Waals surface area contributed by atoms with Crippen molar-refractivity contribution < 1.29 is 14.2 Å². The van der Waals surface area contributed by atoms with Crippen LogP contribution in [0.5, 0.6) is 17.4 Å². The lowest BCUT2D eigenvalue weighted by atomic mass is 10.2. The van der Waals surface area contributed by atoms with Gasteiger partial charge in [-0.1, -0.05) is 13.0 Å². The zero-order valence-electron chi connectivity index (χ0n) is 16.4. The zero-order valence-corrected chi connectivity index (χ0v) is 16.4. The standard InChI is InChI=1S/C20H28N4O3/c1-5-11-27-19-16(7-6-10-22-19)14-24-20(21-2)23-13-15-8-9-17(25-3)12-18(15)26-4/h6-10,12H,5,11,13-14H2,1-4H3,(H2,21,23,24). The van der Waals surface area contributed by atoms with Gasteiger partial charge in [0.25, 0.3) is 0 Å². The lowest BCUT2D eigenvalue weighted by Gasteiger charge is -2.15. The first-order valence-electron chi connectivity index (χ1n) is 8.93. The second kappa shape index (κ2) is 10.9. The molecule has 7 nitrogen and oxygen atoms in total. The number of ether oxygens (including phenoxy) is 3. The number of methoxy groups -OCH3 is 2. The SMILES string of the molecule is CCCOc1ncccc1CNC(=NC)NCc1ccc(OC)cc1OC. The van der Waals surface area contributed by atoms with Crippen LogP contribution in [-0.2, 0) is 13.1 Å². The Morgan fingerprint density at radius 2 is 1.85 bits per heavy atom. The molecule has 0 atom stereocenters. The van der Waals surface area contributed by atoms with Gasteiger partial charge < -0.3 is 24.8 Å². The van der Waals surface area contributed by atoms with Crippen molar-refractivity contribution in [3.05, 3.63) is 47.7 Å². The molecule has 1 heterocycles. The van der Waals surface area contributed by atoms with Crippen LogP contribution in [0.15, 0.2) is 41.5 Å². The van der Waals surface area contributed by atoms with E-state index in [0.29, 0.717) is 31.5 Å². The number of rotatable bonds is 9. The fourth-order valence-electron chi connectivity index (χ4n) is 2.46. The predicted octanol–water partition coefficient (Wildman–Crippen LogP) is 2.75. The van der Waals surface area contributed by atoms with E-state index in [0.717, 1.165) is 29.0 Å². The summed E-state index contributed by atoms with van der Waals surface area (Å²) >= 11 is 0. The van der Waals surface area contributed by atoms with E-state index in [2.05, 4.69) is 27.5 Å². The van der Waals surface area contributed by atoms with Gasteiger partial charge in [-0.2, -0.15) is 0 Å². The summed E-state index contributed by atoms with van der Waals surface area (Å²) in [6.07, 6.45) is 2.67. The van der Waals surface area contributed by atoms with Gasteiger partial charge in [-0.05, 0) is 24.6 Å². The van der Waals surface area contributed by atoms with Crippen molar-refractivity contribution in [1.82, 2.24) is 15.6 Å². The highest BCUT2D eigenvalue weighted by atomic mass is 16.5. The molecule has 0 radical (unpaired) electrons. The number of hydrogen-bond donors (Lipinski definition) is 2. The molecule has 1 aromatic heterocycles. The Morgan fingerprint density at radius 3 is 2.52 bits per heavy atom. The second-order valence-corrected chi connectivity index (χ2v) is 5.77. The molecule has 2 rings (SSSR count). The van der Waals surface area contributed by atoms with Crippen molar-refractivity contribution in [2.75, 3.05) is 27.9 Å². The highest BCUT2D eigenvalue weighted by Gasteiger charge is 2.08. The van der Waals surface area contributed by atoms with E-state index < -0.39 is 0 Å². The average Bonchev–Trinajstić information content (AvgIpc) is 2.72. The van der Waals surface area contributed by atoms with Crippen LogP contribution in [0.4, 0.5) is 0 Å². The van der Waals surface area contributed by atoms with E-state index >= 15 is 0 Å². The molecule has 0 aliphatic carbocycles. The molecule has 0 bridgehead atoms. The molecular weight excluding hydrogens is 344 g/mol. The molecule has 1 aromatic carbocycles. The maximum atomic E-state index is 5.69. The van der Waals surface area contributed by atoms with E-state index in [-0.39, 0.29) is 0 Å². The van der Waals surface area contributed by atoms with Crippen molar-refractivity contribution in [3.63, 3.8) is 0 Å². The van der Waals surface area contributed by atoms with Gasteiger partial charge in [0, 0.05) is 43.5 Å². The van der Waals surface area contributed by atoms with Crippen LogP contribution >= 0.6 is 0 Å². The maximum absolute atomic E-state index is 5.69. The van der Waals surface area contributed by atoms with E-state index in [1.54, 1.807) is 27.5 Å². The zero-order chi connectivity index (χ0) is 19.5. The Labute approximate surface area is 160 Å². The lowest BCUT2D eigenvalue weighted by Crippen LogP contribution is -2.36. The number of guanidine groups is 1. The number of benzene rings is 1. The molecular formula is C20H28N4O3. The average molecular weight is 372 g/mol. The van der Waals surface area contributed by atoms with E-state index in [4.69, 9.17) is 14.2 Å². The molecule has 27 heavy (non-hydrogen) atoms. The van der Waals surface area contributed by atoms with Crippen LogP contribution in [0.2, 0.25) is 0 Å². The smallest absolute Gasteiger partial charge is 0.218 e. The van der Waals surface area contributed by atoms with Crippen LogP contribution in [-0.4, -0.2) is 38.8 Å². The molecule has 0 spiro atoms. The van der Waals surface area contributed by atoms with Crippen molar-refractivity contribution in [2.24, 2.45) is 4.99 Å². The first kappa shape index (κ1) is 20.4. The highest BCUT2D eigenvalue weighted by Crippen LogP contribution is 2.24. The molecule has 0 fully saturated rings. The van der Waals surface area contributed by atoms with Gasteiger partial charge in [-0.15, -0.1) is 0 Å². The molecule has 0 amide bonds. The molecule has 0 aliphatic rings. The Morgan fingerprint density at radius 1 is 1.07 bits per heavy atom. The van der Waals surface area contributed by atoms with Crippen molar-refractivity contribution in [2.45, 2.75) is 26.4 Å². The summed E-state index contributed by atoms with van der Waals surface area (Å²) in [6, 6.07) is 9.62. The minimum atomic E-state index is 0.562. The van der Waals surface area contributed by atoms with Gasteiger partial charge in [-0.3, -0.25) is 4.99 Å². The monoisotopic (exact) mass is 372 g/mol. The summed E-state index contributed by atoms with van der Waals surface area (Å²) in [5.41, 5.74) is 1.99. The molecule has 0 aliphatic heterocycles. The van der Waals surface area contributed by atoms with Crippen LogP contribution in [0.1, 0.15) is 24.5 Å². The Balaban J connectivity index is 1.95. The van der Waals surface area contributed by atoms with Gasteiger partial charge in [0.1, 0.15) is 11.5 Å². The maximum Gasteiger partial charge on any atom is 0.218 e. The molecule has 2 N–H and O–H groups in total. The number of nitrogens with one attached hydrogen (secondary N) is 2. The van der Waals surface area contributed by atoms with Crippen LogP contribution in [0.25, 0.3) is 0 Å². The third-order valence-electron chi connectivity index (χ3n) is 3.90. The van der Waals surface area contributed by atoms with Crippen molar-refractivity contribution in [1.29, 1.82) is 0 Å². The summed E-state index contributed by atoms with van der Waals surface area (Å²) in [6.45, 7) is 3.85. The molecule has 0 saturated carbocycles. The number of hydrogen-bond acceptors (Lipinski definition) is 5. The third kappa shape index (κ3) is 6.06. The van der Waals surface area contributed by atoms with Gasteiger partial charge >= 0.3 is 0 Å². The van der Waals surface area contributed by atoms with Crippen LogP contribution in [0.3, 0.4) is 0 Å². The summed E-state index contributed by atoms with van der Waals surface area (Å²) in [7, 11) is 5.01. The highest BCUT2D eigenvalue weighted by molar-refractivity contribution is 5.79. The first-order chi connectivity index (χ1) is 13.2. The predicted molar refractivity (Wildman–Crippen MR) is 107 cm³/mol. The lowest BCUT2D eigenvalue weighted by molar-refractivity contribution is 0.301. The number of aromatic nitrogens is 1. The summed E-state index contributed by atoms with van der Waals surface area (Å²) in [4.78, 5) is 8.57. The summed E-state index contributed by atoms with van der Waals surface area (Å²) < 4.78 is 16.4. The van der Waals surface area contributed by atoms with Gasteiger partial charge in [0.05, 0.1) is 20.8 Å². The van der Waals surface area contributed by atoms with Gasteiger partial charge in [0.15, 0.2) is 5.96 Å². The molecule has 146 valence electrons. The third-order valence-corrected chi connectivity index (χ3v) is 3.90. The normalized spacial score (nSPS) is 11.0. The van der Waals surface area contributed by atoms with E-state index in [1.807, 2.05) is 30.3 Å². The largest absolute Gasteiger partial charge is 0.497 e. The van der Waals surface area contributed by atoms with Crippen molar-refractivity contribution in [3.8, 4) is 17.4 Å². The summed E-state index contributed by atoms with van der Waals surface area (Å²) in [5.74, 6) is 2.85. The Hall–Kier alpha value is -2.96. The van der Waals surface area contributed by atoms with Gasteiger partial charge in [0.2, 0.25) is 5.88 Å². The molecule has 0 unspecified atom stereocenters. The van der Waals surface area contributed by atoms with E-state index in [9.17, 15) is 0 Å². The van der Waals surface area contributed by atoms with E-state index in [1.165, 1.54) is 0 Å². The first-order valence-corrected chi connectivity index (χ1v) is 8.93. The molecule has 0 saturated heterocycles. The molecule has 7 heteroatoms. The van der Waals surface area contributed by atoms with Gasteiger partial charge in [-0.25, -0.2) is 4.98 Å². The quantitative estimate of drug-likeness (QED) is 0.521. The number of pyridine rings is 1. The fraction of sp³-hybridized carbons (Fsp3) is 0.400. The second-order valence-electron chi connectivity index (χ2n) is 5.77. The van der Waals surface area contributed by atoms with Crippen LogP contribution in [0, 0.1) is 0 Å². The summed E-state index contributed by atoms with van der Waals surface area (Å²) in [5, 5.41) is 6.57.